The van der Waals surface area contributed by atoms with Gasteiger partial charge in [-0.1, -0.05) is 6.92 Å². The van der Waals surface area contributed by atoms with Gasteiger partial charge >= 0.3 is 0 Å². The summed E-state index contributed by atoms with van der Waals surface area (Å²) in [5.74, 6) is 0.899. The molecule has 0 aromatic heterocycles. The number of hydrogen-bond acceptors (Lipinski definition) is 3. The van der Waals surface area contributed by atoms with Crippen molar-refractivity contribution in [1.82, 2.24) is 15.1 Å². The largest absolute Gasteiger partial charge is 0.315 e. The Morgan fingerprint density at radius 2 is 2.24 bits per heavy atom. The Bertz CT molecular complexity index is 196. The molecular formula is C14H31N3. The molecule has 17 heavy (non-hydrogen) atoms. The Morgan fingerprint density at radius 3 is 2.82 bits per heavy atom. The van der Waals surface area contributed by atoms with Crippen molar-refractivity contribution in [2.45, 2.75) is 39.2 Å². The first-order valence-electron chi connectivity index (χ1n) is 7.22. The van der Waals surface area contributed by atoms with Crippen molar-refractivity contribution in [3.05, 3.63) is 0 Å². The highest BCUT2D eigenvalue weighted by Crippen LogP contribution is 2.15. The Hall–Kier alpha value is -0.120. The molecule has 102 valence electrons. The zero-order valence-corrected chi connectivity index (χ0v) is 12.2. The van der Waals surface area contributed by atoms with Crippen molar-refractivity contribution in [3.63, 3.8) is 0 Å². The average Bonchev–Trinajstić information content (AvgIpc) is 2.64. The van der Waals surface area contributed by atoms with E-state index in [2.05, 4.69) is 43.1 Å². The van der Waals surface area contributed by atoms with E-state index in [1.54, 1.807) is 0 Å². The topological polar surface area (TPSA) is 18.5 Å². The number of rotatable bonds is 8. The minimum absolute atomic E-state index is 0.672. The SMILES string of the molecule is CCNC(C)CCCN(C)CC1CCN(C)C1. The second kappa shape index (κ2) is 8.06. The molecule has 0 spiro atoms. The second-order valence-corrected chi connectivity index (χ2v) is 5.78. The number of nitrogens with one attached hydrogen (secondary N) is 1. The molecule has 0 bridgehead atoms. The first-order valence-corrected chi connectivity index (χ1v) is 7.22. The van der Waals surface area contributed by atoms with Crippen LogP contribution in [-0.4, -0.2) is 62.7 Å². The van der Waals surface area contributed by atoms with E-state index in [1.165, 1.54) is 45.4 Å². The van der Waals surface area contributed by atoms with Crippen molar-refractivity contribution in [2.24, 2.45) is 5.92 Å². The summed E-state index contributed by atoms with van der Waals surface area (Å²) in [5, 5.41) is 3.47. The maximum atomic E-state index is 3.47. The van der Waals surface area contributed by atoms with Crippen LogP contribution in [0.4, 0.5) is 0 Å². The molecule has 0 radical (unpaired) electrons. The zero-order chi connectivity index (χ0) is 12.7. The lowest BCUT2D eigenvalue weighted by Gasteiger charge is -2.21. The Kier molecular flexibility index (Phi) is 7.09. The van der Waals surface area contributed by atoms with E-state index in [-0.39, 0.29) is 0 Å². The van der Waals surface area contributed by atoms with E-state index >= 15 is 0 Å². The van der Waals surface area contributed by atoms with Crippen LogP contribution < -0.4 is 5.32 Å². The van der Waals surface area contributed by atoms with Gasteiger partial charge in [-0.2, -0.15) is 0 Å². The molecule has 1 aliphatic heterocycles. The van der Waals surface area contributed by atoms with Crippen LogP contribution in [0, 0.1) is 5.92 Å². The van der Waals surface area contributed by atoms with Crippen molar-refractivity contribution < 1.29 is 0 Å². The van der Waals surface area contributed by atoms with Gasteiger partial charge in [-0.25, -0.2) is 0 Å². The fraction of sp³-hybridized carbons (Fsp3) is 1.00. The van der Waals surface area contributed by atoms with Gasteiger partial charge < -0.3 is 15.1 Å². The van der Waals surface area contributed by atoms with Crippen LogP contribution in [-0.2, 0) is 0 Å². The monoisotopic (exact) mass is 241 g/mol. The first-order chi connectivity index (χ1) is 8.11. The molecule has 0 aromatic rings. The van der Waals surface area contributed by atoms with Gasteiger partial charge in [-0.15, -0.1) is 0 Å². The maximum Gasteiger partial charge on any atom is 0.00390 e. The first kappa shape index (κ1) is 14.9. The van der Waals surface area contributed by atoms with Crippen LogP contribution in [0.5, 0.6) is 0 Å². The normalized spacial score (nSPS) is 23.5. The lowest BCUT2D eigenvalue weighted by Crippen LogP contribution is -2.30. The minimum atomic E-state index is 0.672. The van der Waals surface area contributed by atoms with E-state index in [4.69, 9.17) is 0 Å². The molecule has 2 atom stereocenters. The number of nitrogens with zero attached hydrogens (tertiary/aromatic N) is 2. The fourth-order valence-electron chi connectivity index (χ4n) is 2.83. The maximum absolute atomic E-state index is 3.47. The highest BCUT2D eigenvalue weighted by molar-refractivity contribution is 4.75. The third-order valence-corrected chi connectivity index (χ3v) is 3.79. The van der Waals surface area contributed by atoms with Crippen LogP contribution in [0.2, 0.25) is 0 Å². The van der Waals surface area contributed by atoms with Gasteiger partial charge in [-0.05, 0) is 65.8 Å². The van der Waals surface area contributed by atoms with Crippen LogP contribution in [0.3, 0.4) is 0 Å². The summed E-state index contributed by atoms with van der Waals surface area (Å²) in [5.41, 5.74) is 0. The van der Waals surface area contributed by atoms with Gasteiger partial charge in [0.2, 0.25) is 0 Å². The van der Waals surface area contributed by atoms with E-state index in [0.29, 0.717) is 6.04 Å². The predicted octanol–water partition coefficient (Wildman–Crippen LogP) is 1.65. The van der Waals surface area contributed by atoms with Crippen molar-refractivity contribution in [2.75, 3.05) is 46.8 Å². The van der Waals surface area contributed by atoms with Gasteiger partial charge in [0.05, 0.1) is 0 Å². The van der Waals surface area contributed by atoms with Crippen molar-refractivity contribution >= 4 is 0 Å². The molecule has 1 saturated heterocycles. The zero-order valence-electron chi connectivity index (χ0n) is 12.2. The molecule has 0 aromatic carbocycles. The highest BCUT2D eigenvalue weighted by atomic mass is 15.1. The summed E-state index contributed by atoms with van der Waals surface area (Å²) in [4.78, 5) is 4.97. The quantitative estimate of drug-likeness (QED) is 0.697. The number of hydrogen-bond donors (Lipinski definition) is 1. The molecule has 1 heterocycles. The molecule has 2 unspecified atom stereocenters. The van der Waals surface area contributed by atoms with Gasteiger partial charge in [-0.3, -0.25) is 0 Å². The lowest BCUT2D eigenvalue weighted by molar-refractivity contribution is 0.265. The van der Waals surface area contributed by atoms with E-state index in [1.807, 2.05) is 0 Å². The molecule has 1 fully saturated rings. The van der Waals surface area contributed by atoms with E-state index in [0.717, 1.165) is 12.5 Å². The summed E-state index contributed by atoms with van der Waals surface area (Å²) >= 11 is 0. The van der Waals surface area contributed by atoms with Gasteiger partial charge in [0.1, 0.15) is 0 Å². The fourth-order valence-corrected chi connectivity index (χ4v) is 2.83. The van der Waals surface area contributed by atoms with Gasteiger partial charge in [0.25, 0.3) is 0 Å². The molecule has 0 amide bonds. The standard InChI is InChI=1S/C14H31N3/c1-5-15-13(2)7-6-9-16(3)11-14-8-10-17(4)12-14/h13-15H,5-12H2,1-4H3. The molecule has 0 aliphatic carbocycles. The van der Waals surface area contributed by atoms with Crippen LogP contribution in [0.15, 0.2) is 0 Å². The Labute approximate surface area is 108 Å². The molecule has 1 aliphatic rings. The minimum Gasteiger partial charge on any atom is -0.315 e. The van der Waals surface area contributed by atoms with Crippen molar-refractivity contribution in [3.8, 4) is 0 Å². The molecule has 3 nitrogen and oxygen atoms in total. The third-order valence-electron chi connectivity index (χ3n) is 3.79. The van der Waals surface area contributed by atoms with Crippen molar-refractivity contribution in [1.29, 1.82) is 0 Å². The molecule has 3 heteroatoms. The summed E-state index contributed by atoms with van der Waals surface area (Å²) in [6.07, 6.45) is 3.99. The van der Waals surface area contributed by atoms with Gasteiger partial charge in [0.15, 0.2) is 0 Å². The third kappa shape index (κ3) is 6.39. The summed E-state index contributed by atoms with van der Waals surface area (Å²) in [7, 11) is 4.51. The number of likely N-dealkylation sites (tertiary alicyclic amines) is 1. The molecule has 1 N–H and O–H groups in total. The van der Waals surface area contributed by atoms with Crippen LogP contribution in [0.1, 0.15) is 33.1 Å². The second-order valence-electron chi connectivity index (χ2n) is 5.78. The van der Waals surface area contributed by atoms with E-state index < -0.39 is 0 Å². The predicted molar refractivity (Wildman–Crippen MR) is 75.5 cm³/mol. The summed E-state index contributed by atoms with van der Waals surface area (Å²) in [6.45, 7) is 10.7. The lowest BCUT2D eigenvalue weighted by atomic mass is 10.1. The summed E-state index contributed by atoms with van der Waals surface area (Å²) < 4.78 is 0. The highest BCUT2D eigenvalue weighted by Gasteiger charge is 2.20. The van der Waals surface area contributed by atoms with E-state index in [9.17, 15) is 0 Å². The van der Waals surface area contributed by atoms with Gasteiger partial charge in [0, 0.05) is 19.1 Å². The summed E-state index contributed by atoms with van der Waals surface area (Å²) in [6, 6.07) is 0.672. The van der Waals surface area contributed by atoms with Crippen LogP contribution in [0.25, 0.3) is 0 Å². The molecular weight excluding hydrogens is 210 g/mol. The Balaban J connectivity index is 2.03. The smallest absolute Gasteiger partial charge is 0.00390 e. The average molecular weight is 241 g/mol. The Morgan fingerprint density at radius 1 is 1.47 bits per heavy atom. The van der Waals surface area contributed by atoms with Crippen LogP contribution >= 0.6 is 0 Å². The molecule has 0 saturated carbocycles. The molecule has 1 rings (SSSR count).